The Morgan fingerprint density at radius 3 is 2.52 bits per heavy atom. The molecule has 3 rings (SSSR count). The first-order valence-electron chi connectivity index (χ1n) is 7.81. The monoisotopic (exact) mass is 334 g/mol. The number of methoxy groups -OCH3 is 1. The Morgan fingerprint density at radius 2 is 1.80 bits per heavy atom. The summed E-state index contributed by atoms with van der Waals surface area (Å²) >= 11 is 0. The average molecular weight is 334 g/mol. The second-order valence-electron chi connectivity index (χ2n) is 5.29. The van der Waals surface area contributed by atoms with Gasteiger partial charge in [-0.1, -0.05) is 30.3 Å². The predicted molar refractivity (Wildman–Crippen MR) is 96.7 cm³/mol. The second-order valence-corrected chi connectivity index (χ2v) is 5.29. The van der Waals surface area contributed by atoms with Crippen LogP contribution in [0.25, 0.3) is 0 Å². The summed E-state index contributed by atoms with van der Waals surface area (Å²) in [4.78, 5) is 20.7. The Morgan fingerprint density at radius 1 is 1.04 bits per heavy atom. The van der Waals surface area contributed by atoms with Crippen molar-refractivity contribution in [2.45, 2.75) is 6.54 Å². The molecule has 0 radical (unpaired) electrons. The minimum atomic E-state index is -0.296. The predicted octanol–water partition coefficient (Wildman–Crippen LogP) is 3.35. The maximum absolute atomic E-state index is 12.3. The molecule has 0 fully saturated rings. The van der Waals surface area contributed by atoms with Crippen molar-refractivity contribution < 1.29 is 9.53 Å². The van der Waals surface area contributed by atoms with E-state index in [4.69, 9.17) is 4.74 Å². The van der Waals surface area contributed by atoms with E-state index in [0.29, 0.717) is 23.9 Å². The molecule has 25 heavy (non-hydrogen) atoms. The highest BCUT2D eigenvalue weighted by atomic mass is 16.5. The third-order valence-corrected chi connectivity index (χ3v) is 3.53. The van der Waals surface area contributed by atoms with Crippen LogP contribution in [0.1, 0.15) is 16.1 Å². The van der Waals surface area contributed by atoms with E-state index in [-0.39, 0.29) is 5.91 Å². The molecule has 0 aliphatic carbocycles. The van der Waals surface area contributed by atoms with Crippen molar-refractivity contribution in [3.8, 4) is 5.75 Å². The molecule has 0 unspecified atom stereocenters. The molecule has 2 N–H and O–H groups in total. The van der Waals surface area contributed by atoms with Gasteiger partial charge in [-0.25, -0.2) is 9.97 Å². The molecular formula is C19H18N4O2. The number of ether oxygens (including phenoxy) is 1. The van der Waals surface area contributed by atoms with Gasteiger partial charge in [-0.2, -0.15) is 0 Å². The molecule has 0 aliphatic heterocycles. The Bertz CT molecular complexity index is 836. The van der Waals surface area contributed by atoms with Crippen molar-refractivity contribution in [3.63, 3.8) is 0 Å². The highest BCUT2D eigenvalue weighted by Crippen LogP contribution is 2.15. The van der Waals surface area contributed by atoms with E-state index in [1.54, 1.807) is 43.6 Å². The molecule has 6 nitrogen and oxygen atoms in total. The van der Waals surface area contributed by atoms with Crippen molar-refractivity contribution in [2.75, 3.05) is 17.7 Å². The topological polar surface area (TPSA) is 76.1 Å². The first-order valence-corrected chi connectivity index (χ1v) is 7.81. The Kier molecular flexibility index (Phi) is 5.21. The fourth-order valence-corrected chi connectivity index (χ4v) is 2.22. The molecule has 1 aromatic heterocycles. The number of amides is 1. The van der Waals surface area contributed by atoms with Gasteiger partial charge in [0.05, 0.1) is 7.11 Å². The molecule has 0 atom stereocenters. The van der Waals surface area contributed by atoms with Crippen molar-refractivity contribution in [2.24, 2.45) is 0 Å². The number of carbonyl (C=O) groups is 1. The maximum atomic E-state index is 12.3. The van der Waals surface area contributed by atoms with Crippen molar-refractivity contribution >= 4 is 17.5 Å². The average Bonchev–Trinajstić information content (AvgIpc) is 2.68. The summed E-state index contributed by atoms with van der Waals surface area (Å²) in [5.74, 6) is 0.842. The standard InChI is InChI=1S/C19H18N4O2/c1-25-16-9-7-15(8-10-16)22-18(24)17-11-12-20-19(23-17)21-13-14-5-3-2-4-6-14/h2-12H,13H2,1H3,(H,22,24)(H,20,21,23). The Balaban J connectivity index is 1.64. The van der Waals surface area contributed by atoms with E-state index in [1.807, 2.05) is 30.3 Å². The molecule has 6 heteroatoms. The number of benzene rings is 2. The largest absolute Gasteiger partial charge is 0.497 e. The number of nitrogens with one attached hydrogen (secondary N) is 2. The zero-order valence-corrected chi connectivity index (χ0v) is 13.8. The van der Waals surface area contributed by atoms with Crippen LogP contribution in [0.15, 0.2) is 66.9 Å². The van der Waals surface area contributed by atoms with Gasteiger partial charge in [-0.05, 0) is 35.9 Å². The second kappa shape index (κ2) is 7.92. The summed E-state index contributed by atoms with van der Waals surface area (Å²) in [7, 11) is 1.60. The van der Waals surface area contributed by atoms with Gasteiger partial charge in [0.25, 0.3) is 5.91 Å². The molecule has 0 spiro atoms. The fourth-order valence-electron chi connectivity index (χ4n) is 2.22. The molecule has 1 heterocycles. The van der Waals surface area contributed by atoms with Crippen molar-refractivity contribution in [1.82, 2.24) is 9.97 Å². The molecule has 0 saturated carbocycles. The zero-order chi connectivity index (χ0) is 17.5. The van der Waals surface area contributed by atoms with E-state index in [1.165, 1.54) is 0 Å². The van der Waals surface area contributed by atoms with Crippen molar-refractivity contribution in [1.29, 1.82) is 0 Å². The quantitative estimate of drug-likeness (QED) is 0.723. The number of carbonyl (C=O) groups excluding carboxylic acids is 1. The number of nitrogens with zero attached hydrogens (tertiary/aromatic N) is 2. The van der Waals surface area contributed by atoms with Gasteiger partial charge in [0.15, 0.2) is 0 Å². The van der Waals surface area contributed by atoms with Gasteiger partial charge in [0, 0.05) is 18.4 Å². The van der Waals surface area contributed by atoms with Crippen LogP contribution in [0, 0.1) is 0 Å². The van der Waals surface area contributed by atoms with E-state index in [2.05, 4.69) is 20.6 Å². The molecule has 0 saturated heterocycles. The van der Waals surface area contributed by atoms with Gasteiger partial charge in [-0.3, -0.25) is 4.79 Å². The maximum Gasteiger partial charge on any atom is 0.274 e. The van der Waals surface area contributed by atoms with Crippen LogP contribution < -0.4 is 15.4 Å². The highest BCUT2D eigenvalue weighted by Gasteiger charge is 2.09. The lowest BCUT2D eigenvalue weighted by Gasteiger charge is -2.08. The molecule has 126 valence electrons. The number of aromatic nitrogens is 2. The number of hydrogen-bond acceptors (Lipinski definition) is 5. The van der Waals surface area contributed by atoms with E-state index in [9.17, 15) is 4.79 Å². The van der Waals surface area contributed by atoms with E-state index in [0.717, 1.165) is 11.3 Å². The molecular weight excluding hydrogens is 316 g/mol. The number of anilines is 2. The third kappa shape index (κ3) is 4.54. The fraction of sp³-hybridized carbons (Fsp3) is 0.105. The van der Waals surface area contributed by atoms with Crippen LogP contribution in [0.5, 0.6) is 5.75 Å². The normalized spacial score (nSPS) is 10.1. The Labute approximate surface area is 145 Å². The summed E-state index contributed by atoms with van der Waals surface area (Å²) in [6.45, 7) is 0.588. The van der Waals surface area contributed by atoms with Crippen LogP contribution in [0.2, 0.25) is 0 Å². The molecule has 0 bridgehead atoms. The lowest BCUT2D eigenvalue weighted by molar-refractivity contribution is 0.102. The summed E-state index contributed by atoms with van der Waals surface area (Å²) in [5.41, 5.74) is 2.07. The number of hydrogen-bond donors (Lipinski definition) is 2. The van der Waals surface area contributed by atoms with E-state index >= 15 is 0 Å². The first-order chi connectivity index (χ1) is 12.2. The van der Waals surface area contributed by atoms with Crippen molar-refractivity contribution in [3.05, 3.63) is 78.1 Å². The van der Waals surface area contributed by atoms with Gasteiger partial charge in [0.1, 0.15) is 11.4 Å². The van der Waals surface area contributed by atoms with Gasteiger partial charge < -0.3 is 15.4 Å². The first kappa shape index (κ1) is 16.4. The summed E-state index contributed by atoms with van der Waals surface area (Å²) < 4.78 is 5.10. The lowest BCUT2D eigenvalue weighted by Crippen LogP contribution is -2.15. The number of rotatable bonds is 6. The van der Waals surface area contributed by atoms with E-state index < -0.39 is 0 Å². The highest BCUT2D eigenvalue weighted by molar-refractivity contribution is 6.02. The van der Waals surface area contributed by atoms with Crippen LogP contribution in [0.4, 0.5) is 11.6 Å². The Hall–Kier alpha value is -3.41. The molecule has 0 aliphatic rings. The zero-order valence-electron chi connectivity index (χ0n) is 13.8. The van der Waals surface area contributed by atoms with Gasteiger partial charge >= 0.3 is 0 Å². The van der Waals surface area contributed by atoms with Crippen LogP contribution >= 0.6 is 0 Å². The van der Waals surface area contributed by atoms with Crippen LogP contribution in [-0.4, -0.2) is 23.0 Å². The SMILES string of the molecule is COc1ccc(NC(=O)c2ccnc(NCc3ccccc3)n2)cc1. The van der Waals surface area contributed by atoms with Crippen LogP contribution in [0.3, 0.4) is 0 Å². The van der Waals surface area contributed by atoms with Crippen LogP contribution in [-0.2, 0) is 6.54 Å². The lowest BCUT2D eigenvalue weighted by atomic mass is 10.2. The smallest absolute Gasteiger partial charge is 0.274 e. The minimum Gasteiger partial charge on any atom is -0.497 e. The minimum absolute atomic E-state index is 0.293. The third-order valence-electron chi connectivity index (χ3n) is 3.53. The molecule has 2 aromatic carbocycles. The molecule has 1 amide bonds. The van der Waals surface area contributed by atoms with Gasteiger partial charge in [-0.15, -0.1) is 0 Å². The summed E-state index contributed by atoms with van der Waals surface area (Å²) in [5, 5.41) is 5.91. The summed E-state index contributed by atoms with van der Waals surface area (Å²) in [6, 6.07) is 18.6. The molecule has 3 aromatic rings. The summed E-state index contributed by atoms with van der Waals surface area (Å²) in [6.07, 6.45) is 1.56. The van der Waals surface area contributed by atoms with Gasteiger partial charge in [0.2, 0.25) is 5.95 Å².